The van der Waals surface area contributed by atoms with Gasteiger partial charge in [0.15, 0.2) is 11.5 Å². The van der Waals surface area contributed by atoms with E-state index in [0.29, 0.717) is 24.6 Å². The number of aromatic nitrogens is 5. The van der Waals surface area contributed by atoms with E-state index in [1.54, 1.807) is 10.6 Å². The van der Waals surface area contributed by atoms with Crippen molar-refractivity contribution in [3.05, 3.63) is 48.7 Å². The molecule has 1 aromatic carbocycles. The van der Waals surface area contributed by atoms with Crippen LogP contribution in [0.3, 0.4) is 0 Å². The quantitative estimate of drug-likeness (QED) is 0.432. The molecule has 1 unspecified atom stereocenters. The number of piperidine rings is 1. The fraction of sp³-hybridized carbons (Fsp3) is 0.391. The van der Waals surface area contributed by atoms with Crippen LogP contribution in [0.25, 0.3) is 21.9 Å². The second-order valence-corrected chi connectivity index (χ2v) is 10.8. The Balaban J connectivity index is 1.45. The van der Waals surface area contributed by atoms with E-state index in [9.17, 15) is 8.42 Å². The molecule has 0 saturated carbocycles. The lowest BCUT2D eigenvalue weighted by Gasteiger charge is -2.37. The van der Waals surface area contributed by atoms with Gasteiger partial charge in [-0.25, -0.2) is 32.7 Å². The topological polar surface area (TPSA) is 120 Å². The van der Waals surface area contributed by atoms with E-state index in [4.69, 9.17) is 4.98 Å². The first kappa shape index (κ1) is 22.5. The molecule has 178 valence electrons. The first-order valence-corrected chi connectivity index (χ1v) is 13.1. The first-order valence-electron chi connectivity index (χ1n) is 11.3. The van der Waals surface area contributed by atoms with Gasteiger partial charge in [0.25, 0.3) is 0 Å². The Kier molecular flexibility index (Phi) is 5.82. The van der Waals surface area contributed by atoms with Crippen molar-refractivity contribution in [2.45, 2.75) is 31.8 Å². The molecule has 0 radical (unpaired) electrons. The van der Waals surface area contributed by atoms with Crippen molar-refractivity contribution in [1.29, 1.82) is 0 Å². The van der Waals surface area contributed by atoms with Crippen LogP contribution in [0.1, 0.15) is 31.5 Å². The number of aromatic amines is 1. The van der Waals surface area contributed by atoms with Crippen LogP contribution >= 0.6 is 0 Å². The third kappa shape index (κ3) is 4.28. The molecular formula is C23H28N8O2S. The Morgan fingerprint density at radius 3 is 2.71 bits per heavy atom. The van der Waals surface area contributed by atoms with Gasteiger partial charge >= 0.3 is 0 Å². The number of nitrogens with zero attached hydrogens (tertiary/aromatic N) is 6. The fourth-order valence-corrected chi connectivity index (χ4v) is 5.45. The SMILES string of the molecule is CC(Nc1ncnc2nc[nH]c12)c1cc2ccccc2c(N(C)C2CCN(S(C)(=O)=O)CC2)n1. The number of hydrogen-bond acceptors (Lipinski definition) is 8. The van der Waals surface area contributed by atoms with Crippen LogP contribution in [-0.4, -0.2) is 70.1 Å². The van der Waals surface area contributed by atoms with E-state index < -0.39 is 10.0 Å². The van der Waals surface area contributed by atoms with E-state index >= 15 is 0 Å². The largest absolute Gasteiger partial charge is 0.360 e. The standard InChI is InChI=1S/C23H28N8O2S/c1-15(28-22-20-21(25-13-24-20)26-14-27-22)19-12-16-6-4-5-7-18(16)23(29-19)30(2)17-8-10-31(11-9-17)34(3,32)33/h4-7,12-15,17H,8-11H2,1-3H3,(H2,24,25,26,27,28). The van der Waals surface area contributed by atoms with Crippen molar-refractivity contribution >= 4 is 43.6 Å². The normalized spacial score (nSPS) is 16.7. The average Bonchev–Trinajstić information content (AvgIpc) is 3.32. The van der Waals surface area contributed by atoms with Crippen LogP contribution in [0, 0.1) is 0 Å². The highest BCUT2D eigenvalue weighted by Gasteiger charge is 2.28. The van der Waals surface area contributed by atoms with Crippen LogP contribution in [0.2, 0.25) is 0 Å². The van der Waals surface area contributed by atoms with E-state index in [1.165, 1.54) is 12.6 Å². The summed E-state index contributed by atoms with van der Waals surface area (Å²) in [6, 6.07) is 10.4. The average molecular weight is 481 g/mol. The van der Waals surface area contributed by atoms with Gasteiger partial charge in [-0.1, -0.05) is 24.3 Å². The van der Waals surface area contributed by atoms with Crippen molar-refractivity contribution in [2.24, 2.45) is 0 Å². The number of rotatable bonds is 6. The van der Waals surface area contributed by atoms with Crippen LogP contribution in [0.4, 0.5) is 11.6 Å². The number of pyridine rings is 1. The summed E-state index contributed by atoms with van der Waals surface area (Å²) in [7, 11) is -1.11. The maximum Gasteiger partial charge on any atom is 0.211 e. The molecule has 3 aromatic heterocycles. The van der Waals surface area contributed by atoms with Gasteiger partial charge in [0.05, 0.1) is 24.3 Å². The highest BCUT2D eigenvalue weighted by Crippen LogP contribution is 2.31. The molecule has 4 aromatic rings. The summed E-state index contributed by atoms with van der Waals surface area (Å²) in [6.07, 6.45) is 5.89. The van der Waals surface area contributed by atoms with Crippen molar-refractivity contribution in [3.63, 3.8) is 0 Å². The molecule has 1 saturated heterocycles. The number of imidazole rings is 1. The minimum absolute atomic E-state index is 0.120. The number of hydrogen-bond donors (Lipinski definition) is 2. The summed E-state index contributed by atoms with van der Waals surface area (Å²) in [5.41, 5.74) is 2.25. The lowest BCUT2D eigenvalue weighted by molar-refractivity contribution is 0.316. The zero-order chi connectivity index (χ0) is 23.9. The zero-order valence-electron chi connectivity index (χ0n) is 19.4. The number of H-pyrrole nitrogens is 1. The third-order valence-electron chi connectivity index (χ3n) is 6.53. The van der Waals surface area contributed by atoms with Crippen LogP contribution < -0.4 is 10.2 Å². The van der Waals surface area contributed by atoms with Crippen molar-refractivity contribution < 1.29 is 8.42 Å². The third-order valence-corrected chi connectivity index (χ3v) is 7.84. The summed E-state index contributed by atoms with van der Waals surface area (Å²) in [6.45, 7) is 3.10. The molecule has 0 spiro atoms. The maximum absolute atomic E-state index is 11.9. The minimum atomic E-state index is -3.16. The number of anilines is 2. The van der Waals surface area contributed by atoms with Crippen molar-refractivity contribution in [2.75, 3.05) is 36.6 Å². The zero-order valence-corrected chi connectivity index (χ0v) is 20.2. The molecule has 0 amide bonds. The van der Waals surface area contributed by atoms with Gasteiger partial charge in [0, 0.05) is 31.6 Å². The molecule has 0 aliphatic carbocycles. The minimum Gasteiger partial charge on any atom is -0.360 e. The van der Waals surface area contributed by atoms with Crippen LogP contribution in [0.15, 0.2) is 43.0 Å². The predicted molar refractivity (Wildman–Crippen MR) is 133 cm³/mol. The Morgan fingerprint density at radius 1 is 1.18 bits per heavy atom. The first-order chi connectivity index (χ1) is 16.3. The second-order valence-electron chi connectivity index (χ2n) is 8.79. The van der Waals surface area contributed by atoms with E-state index in [-0.39, 0.29) is 12.1 Å². The molecule has 5 rings (SSSR count). The lowest BCUT2D eigenvalue weighted by atomic mass is 10.0. The molecule has 1 aliphatic heterocycles. The van der Waals surface area contributed by atoms with Gasteiger partial charge in [-0.05, 0) is 31.2 Å². The van der Waals surface area contributed by atoms with Crippen LogP contribution in [-0.2, 0) is 10.0 Å². The number of fused-ring (bicyclic) bond motifs is 2. The Bertz CT molecular complexity index is 1430. The molecule has 10 nitrogen and oxygen atoms in total. The van der Waals surface area contributed by atoms with Gasteiger partial charge in [-0.2, -0.15) is 0 Å². The molecule has 11 heteroatoms. The predicted octanol–water partition coefficient (Wildman–Crippen LogP) is 2.93. The number of benzene rings is 1. The molecule has 0 bridgehead atoms. The molecule has 2 N–H and O–H groups in total. The van der Waals surface area contributed by atoms with Crippen LogP contribution in [0.5, 0.6) is 0 Å². The Hall–Kier alpha value is -3.31. The van der Waals surface area contributed by atoms with Gasteiger partial charge in [-0.3, -0.25) is 0 Å². The number of sulfonamides is 1. The van der Waals surface area contributed by atoms with Gasteiger partial charge in [0.1, 0.15) is 17.7 Å². The van der Waals surface area contributed by atoms with Gasteiger partial charge in [0.2, 0.25) is 10.0 Å². The van der Waals surface area contributed by atoms with E-state index in [1.807, 2.05) is 12.1 Å². The summed E-state index contributed by atoms with van der Waals surface area (Å²) in [5, 5.41) is 5.62. The van der Waals surface area contributed by atoms with Gasteiger partial charge < -0.3 is 15.2 Å². The van der Waals surface area contributed by atoms with E-state index in [0.717, 1.165) is 40.6 Å². The Morgan fingerprint density at radius 2 is 1.94 bits per heavy atom. The molecular weight excluding hydrogens is 452 g/mol. The highest BCUT2D eigenvalue weighted by molar-refractivity contribution is 7.88. The molecule has 1 atom stereocenters. The molecule has 1 fully saturated rings. The summed E-state index contributed by atoms with van der Waals surface area (Å²) in [5.74, 6) is 1.57. The second kappa shape index (κ2) is 8.80. The van der Waals surface area contributed by atoms with Crippen molar-refractivity contribution in [3.8, 4) is 0 Å². The fourth-order valence-electron chi connectivity index (χ4n) is 4.58. The smallest absolute Gasteiger partial charge is 0.211 e. The van der Waals surface area contributed by atoms with Crippen molar-refractivity contribution in [1.82, 2.24) is 29.2 Å². The summed E-state index contributed by atoms with van der Waals surface area (Å²) in [4.78, 5) is 23.1. The molecule has 4 heterocycles. The molecule has 1 aliphatic rings. The summed E-state index contributed by atoms with van der Waals surface area (Å²) >= 11 is 0. The van der Waals surface area contributed by atoms with Gasteiger partial charge in [-0.15, -0.1) is 0 Å². The Labute approximate surface area is 198 Å². The highest BCUT2D eigenvalue weighted by atomic mass is 32.2. The lowest BCUT2D eigenvalue weighted by Crippen LogP contribution is -2.45. The summed E-state index contributed by atoms with van der Waals surface area (Å²) < 4.78 is 25.4. The number of nitrogens with one attached hydrogen (secondary N) is 2. The maximum atomic E-state index is 11.9. The van der Waals surface area contributed by atoms with E-state index in [2.05, 4.69) is 62.3 Å². The monoisotopic (exact) mass is 480 g/mol. The molecule has 34 heavy (non-hydrogen) atoms.